The Labute approximate surface area is 113 Å². The van der Waals surface area contributed by atoms with Gasteiger partial charge in [-0.1, -0.05) is 37.2 Å². The second-order valence-electron chi connectivity index (χ2n) is 5.44. The summed E-state index contributed by atoms with van der Waals surface area (Å²) in [4.78, 5) is 14.4. The summed E-state index contributed by atoms with van der Waals surface area (Å²) in [5.41, 5.74) is 8.57. The summed E-state index contributed by atoms with van der Waals surface area (Å²) in [6.45, 7) is 3.43. The molecule has 0 aliphatic heterocycles. The summed E-state index contributed by atoms with van der Waals surface area (Å²) < 4.78 is 4.96. The fourth-order valence-electron chi connectivity index (χ4n) is 2.53. The summed E-state index contributed by atoms with van der Waals surface area (Å²) in [6.07, 6.45) is 4.62. The molecule has 1 saturated carbocycles. The van der Waals surface area contributed by atoms with Gasteiger partial charge in [0, 0.05) is 4.91 Å². The molecule has 0 unspecified atom stereocenters. The van der Waals surface area contributed by atoms with Crippen molar-refractivity contribution in [1.82, 2.24) is 0 Å². The van der Waals surface area contributed by atoms with Crippen LogP contribution in [0.3, 0.4) is 0 Å². The van der Waals surface area contributed by atoms with Crippen molar-refractivity contribution < 1.29 is 14.6 Å². The molecule has 1 rings (SSSR count). The van der Waals surface area contributed by atoms with Gasteiger partial charge < -0.3 is 9.84 Å². The van der Waals surface area contributed by atoms with Crippen LogP contribution >= 0.6 is 0 Å². The number of aliphatic hydroxyl groups is 1. The number of aliphatic hydroxyl groups excluding tert-OH is 1. The molecule has 19 heavy (non-hydrogen) atoms. The first kappa shape index (κ1) is 15.8. The minimum atomic E-state index is -1.36. The van der Waals surface area contributed by atoms with Crippen LogP contribution in [0.5, 0.6) is 0 Å². The quantitative estimate of drug-likeness (QED) is 0.347. The van der Waals surface area contributed by atoms with Crippen LogP contribution in [0, 0.1) is 5.92 Å². The molecule has 0 spiro atoms. The molecular weight excluding hydrogens is 246 g/mol. The minimum Gasteiger partial charge on any atom is -0.461 e. The van der Waals surface area contributed by atoms with E-state index in [0.717, 1.165) is 12.8 Å². The van der Waals surface area contributed by atoms with Crippen LogP contribution in [0.15, 0.2) is 5.11 Å². The molecule has 1 aliphatic rings. The first-order valence-corrected chi connectivity index (χ1v) is 6.97. The zero-order valence-corrected chi connectivity index (χ0v) is 11.7. The van der Waals surface area contributed by atoms with E-state index < -0.39 is 18.1 Å². The average Bonchev–Trinajstić information content (AvgIpc) is 2.38. The smallest absolute Gasteiger partial charge is 0.335 e. The average molecular weight is 269 g/mol. The fourth-order valence-corrected chi connectivity index (χ4v) is 2.53. The summed E-state index contributed by atoms with van der Waals surface area (Å²) >= 11 is 0. The number of carbonyl (C=O) groups excluding carboxylic acids is 1. The van der Waals surface area contributed by atoms with Crippen LogP contribution in [0.25, 0.3) is 10.4 Å². The number of azide groups is 1. The molecule has 6 nitrogen and oxygen atoms in total. The molecule has 1 N–H and O–H groups in total. The van der Waals surface area contributed by atoms with Crippen LogP contribution in [0.1, 0.15) is 52.4 Å². The van der Waals surface area contributed by atoms with Gasteiger partial charge in [0.05, 0.1) is 12.1 Å². The van der Waals surface area contributed by atoms with E-state index in [-0.39, 0.29) is 6.10 Å². The highest BCUT2D eigenvalue weighted by Crippen LogP contribution is 2.29. The maximum atomic E-state index is 11.7. The normalized spacial score (nSPS) is 19.6. The molecule has 0 aromatic carbocycles. The second kappa shape index (κ2) is 8.02. The van der Waals surface area contributed by atoms with Gasteiger partial charge in [0.1, 0.15) is 0 Å². The first-order chi connectivity index (χ1) is 9.04. The lowest BCUT2D eigenvalue weighted by atomic mass is 9.84. The van der Waals surface area contributed by atoms with Crippen LogP contribution < -0.4 is 0 Å². The molecule has 0 aromatic rings. The molecular formula is C13H23N3O3. The van der Waals surface area contributed by atoms with Crippen molar-refractivity contribution in [3.05, 3.63) is 10.4 Å². The Morgan fingerprint density at radius 2 is 2.05 bits per heavy atom. The molecule has 108 valence electrons. The number of ether oxygens (including phenoxy) is 1. The lowest BCUT2D eigenvalue weighted by molar-refractivity contribution is -0.158. The maximum Gasteiger partial charge on any atom is 0.335 e. The van der Waals surface area contributed by atoms with Gasteiger partial charge in [0.15, 0.2) is 6.10 Å². The third-order valence-corrected chi connectivity index (χ3v) is 3.46. The van der Waals surface area contributed by atoms with E-state index in [9.17, 15) is 9.90 Å². The molecule has 0 amide bonds. The van der Waals surface area contributed by atoms with Crippen LogP contribution in [0.4, 0.5) is 0 Å². The number of hydrogen-bond donors (Lipinski definition) is 1. The summed E-state index contributed by atoms with van der Waals surface area (Å²) in [7, 11) is 0. The Morgan fingerprint density at radius 1 is 1.42 bits per heavy atom. The summed E-state index contributed by atoms with van der Waals surface area (Å²) in [5.74, 6) is -0.283. The number of nitrogens with zero attached hydrogens (tertiary/aromatic N) is 3. The molecule has 1 aliphatic carbocycles. The molecule has 0 aromatic heterocycles. The van der Waals surface area contributed by atoms with Gasteiger partial charge >= 0.3 is 5.97 Å². The highest BCUT2D eigenvalue weighted by molar-refractivity contribution is 5.75. The Bertz CT molecular complexity index is 334. The molecule has 0 heterocycles. The minimum absolute atomic E-state index is 0.288. The third-order valence-electron chi connectivity index (χ3n) is 3.46. The van der Waals surface area contributed by atoms with E-state index in [4.69, 9.17) is 10.3 Å². The number of hydrogen-bond acceptors (Lipinski definition) is 4. The zero-order valence-electron chi connectivity index (χ0n) is 11.7. The monoisotopic (exact) mass is 269 g/mol. The zero-order chi connectivity index (χ0) is 14.3. The third kappa shape index (κ3) is 5.49. The number of esters is 1. The highest BCUT2D eigenvalue weighted by atomic mass is 16.6. The molecule has 0 bridgehead atoms. The van der Waals surface area contributed by atoms with Gasteiger partial charge in [-0.25, -0.2) is 4.79 Å². The van der Waals surface area contributed by atoms with E-state index in [1.807, 2.05) is 0 Å². The van der Waals surface area contributed by atoms with Crippen molar-refractivity contribution in [3.8, 4) is 0 Å². The molecule has 0 saturated heterocycles. The van der Waals surface area contributed by atoms with Crippen molar-refractivity contribution in [3.63, 3.8) is 0 Å². The number of rotatable bonds is 6. The van der Waals surface area contributed by atoms with Crippen molar-refractivity contribution in [2.75, 3.05) is 0 Å². The van der Waals surface area contributed by atoms with Crippen LogP contribution in [-0.2, 0) is 9.53 Å². The van der Waals surface area contributed by atoms with E-state index in [0.29, 0.717) is 12.3 Å². The van der Waals surface area contributed by atoms with E-state index >= 15 is 0 Å². The Balaban J connectivity index is 2.59. The van der Waals surface area contributed by atoms with Crippen molar-refractivity contribution in [2.45, 2.75) is 70.6 Å². The fraction of sp³-hybridized carbons (Fsp3) is 0.923. The Morgan fingerprint density at radius 3 is 2.58 bits per heavy atom. The van der Waals surface area contributed by atoms with Crippen LogP contribution in [-0.4, -0.2) is 29.3 Å². The van der Waals surface area contributed by atoms with E-state index in [1.165, 1.54) is 19.3 Å². The second-order valence-corrected chi connectivity index (χ2v) is 5.44. The summed E-state index contributed by atoms with van der Waals surface area (Å²) in [6, 6.07) is -0.723. The van der Waals surface area contributed by atoms with Gasteiger partial charge in [-0.2, -0.15) is 0 Å². The van der Waals surface area contributed by atoms with E-state index in [2.05, 4.69) is 10.0 Å². The van der Waals surface area contributed by atoms with E-state index in [1.54, 1.807) is 13.8 Å². The largest absolute Gasteiger partial charge is 0.461 e. The Kier molecular flexibility index (Phi) is 6.67. The van der Waals surface area contributed by atoms with Crippen molar-refractivity contribution >= 4 is 5.97 Å². The molecule has 2 atom stereocenters. The van der Waals surface area contributed by atoms with Gasteiger partial charge in [-0.3, -0.25) is 0 Å². The van der Waals surface area contributed by atoms with Crippen molar-refractivity contribution in [2.24, 2.45) is 11.0 Å². The predicted molar refractivity (Wildman–Crippen MR) is 71.4 cm³/mol. The lowest BCUT2D eigenvalue weighted by Gasteiger charge is -2.26. The Hall–Kier alpha value is -1.26. The topological polar surface area (TPSA) is 95.3 Å². The predicted octanol–water partition coefficient (Wildman–Crippen LogP) is 2.95. The summed E-state index contributed by atoms with van der Waals surface area (Å²) in [5, 5.41) is 13.5. The SMILES string of the molecule is CC(C)OC(=O)[C@H](O)[C@H](CC1CCCCC1)N=[N+]=[N-]. The van der Waals surface area contributed by atoms with Gasteiger partial charge in [-0.05, 0) is 31.7 Å². The van der Waals surface area contributed by atoms with Crippen molar-refractivity contribution in [1.29, 1.82) is 0 Å². The highest BCUT2D eigenvalue weighted by Gasteiger charge is 2.30. The maximum absolute atomic E-state index is 11.7. The van der Waals surface area contributed by atoms with Gasteiger partial charge in [0.2, 0.25) is 0 Å². The lowest BCUT2D eigenvalue weighted by Crippen LogP contribution is -2.36. The van der Waals surface area contributed by atoms with Gasteiger partial charge in [-0.15, -0.1) is 0 Å². The van der Waals surface area contributed by atoms with Gasteiger partial charge in [0.25, 0.3) is 0 Å². The first-order valence-electron chi connectivity index (χ1n) is 6.97. The standard InChI is InChI=1S/C13H23N3O3/c1-9(2)19-13(18)12(17)11(15-16-14)8-10-6-4-3-5-7-10/h9-12,17H,3-8H2,1-2H3/t11-,12+/m0/s1. The molecule has 6 heteroatoms. The molecule has 1 fully saturated rings. The van der Waals surface area contributed by atoms with Crippen LogP contribution in [0.2, 0.25) is 0 Å². The number of carbonyl (C=O) groups is 1. The molecule has 0 radical (unpaired) electrons.